The van der Waals surface area contributed by atoms with E-state index in [2.05, 4.69) is 27.8 Å². The average molecular weight is 342 g/mol. The fraction of sp³-hybridized carbons (Fsp3) is 0.571. The Hall–Kier alpha value is -0.980. The van der Waals surface area contributed by atoms with Gasteiger partial charge in [0.25, 0.3) is 5.69 Å². The van der Waals surface area contributed by atoms with E-state index in [0.717, 1.165) is 38.0 Å². The molecule has 20 heavy (non-hydrogen) atoms. The number of piperidine rings is 1. The number of likely N-dealkylation sites (tertiary alicyclic amines) is 1. The maximum absolute atomic E-state index is 11.0. The lowest BCUT2D eigenvalue weighted by Gasteiger charge is -2.36. The summed E-state index contributed by atoms with van der Waals surface area (Å²) in [5, 5.41) is 11.0. The Morgan fingerprint density at radius 3 is 2.95 bits per heavy atom. The summed E-state index contributed by atoms with van der Waals surface area (Å²) in [5.74, 6) is 0.515. The van der Waals surface area contributed by atoms with Crippen LogP contribution in [-0.4, -0.2) is 29.0 Å². The third-order valence-electron chi connectivity index (χ3n) is 4.05. The Morgan fingerprint density at radius 1 is 1.55 bits per heavy atom. The third-order valence-corrected chi connectivity index (χ3v) is 4.97. The molecule has 0 aromatic heterocycles. The van der Waals surface area contributed by atoms with E-state index >= 15 is 0 Å². The summed E-state index contributed by atoms with van der Waals surface area (Å²) >= 11 is 3.36. The molecule has 5 nitrogen and oxygen atoms in total. The van der Waals surface area contributed by atoms with Crippen molar-refractivity contribution in [1.29, 1.82) is 0 Å². The van der Waals surface area contributed by atoms with Crippen LogP contribution >= 0.6 is 15.9 Å². The quantitative estimate of drug-likeness (QED) is 0.675. The van der Waals surface area contributed by atoms with Crippen molar-refractivity contribution in [3.63, 3.8) is 0 Å². The van der Waals surface area contributed by atoms with Gasteiger partial charge in [0, 0.05) is 25.2 Å². The van der Waals surface area contributed by atoms with Gasteiger partial charge < -0.3 is 5.73 Å². The molecule has 1 fully saturated rings. The van der Waals surface area contributed by atoms with Crippen LogP contribution in [0.5, 0.6) is 0 Å². The zero-order valence-corrected chi connectivity index (χ0v) is 13.2. The van der Waals surface area contributed by atoms with E-state index in [1.165, 1.54) is 6.07 Å². The summed E-state index contributed by atoms with van der Waals surface area (Å²) in [6.45, 7) is 4.81. The Labute approximate surface area is 127 Å². The molecule has 0 radical (unpaired) electrons. The molecule has 2 unspecified atom stereocenters. The first-order chi connectivity index (χ1) is 9.52. The van der Waals surface area contributed by atoms with Crippen molar-refractivity contribution in [3.05, 3.63) is 38.3 Å². The van der Waals surface area contributed by atoms with Crippen LogP contribution in [-0.2, 0) is 6.54 Å². The van der Waals surface area contributed by atoms with Gasteiger partial charge in [-0.25, -0.2) is 0 Å². The van der Waals surface area contributed by atoms with Gasteiger partial charge in [0.2, 0.25) is 0 Å². The molecule has 1 aromatic carbocycles. The van der Waals surface area contributed by atoms with Crippen LogP contribution in [0.1, 0.15) is 25.3 Å². The summed E-state index contributed by atoms with van der Waals surface area (Å²) in [5.41, 5.74) is 7.20. The number of nitrogens with zero attached hydrogens (tertiary/aromatic N) is 2. The van der Waals surface area contributed by atoms with E-state index in [1.807, 2.05) is 6.07 Å². The first-order valence-electron chi connectivity index (χ1n) is 6.92. The topological polar surface area (TPSA) is 72.4 Å². The molecule has 0 amide bonds. The Balaban J connectivity index is 2.11. The number of hydrogen-bond acceptors (Lipinski definition) is 4. The molecule has 0 aliphatic carbocycles. The van der Waals surface area contributed by atoms with E-state index in [4.69, 9.17) is 5.73 Å². The van der Waals surface area contributed by atoms with Gasteiger partial charge >= 0.3 is 0 Å². The van der Waals surface area contributed by atoms with E-state index in [-0.39, 0.29) is 16.7 Å². The van der Waals surface area contributed by atoms with Crippen LogP contribution in [0.4, 0.5) is 5.69 Å². The molecule has 2 atom stereocenters. The van der Waals surface area contributed by atoms with Crippen molar-refractivity contribution in [1.82, 2.24) is 4.90 Å². The summed E-state index contributed by atoms with van der Waals surface area (Å²) in [6.07, 6.45) is 2.07. The molecule has 1 saturated heterocycles. The van der Waals surface area contributed by atoms with E-state index < -0.39 is 0 Å². The fourth-order valence-corrected chi connectivity index (χ4v) is 3.31. The Morgan fingerprint density at radius 2 is 2.30 bits per heavy atom. The van der Waals surface area contributed by atoms with Crippen LogP contribution in [0, 0.1) is 16.0 Å². The second-order valence-corrected chi connectivity index (χ2v) is 6.16. The van der Waals surface area contributed by atoms with Crippen LogP contribution < -0.4 is 5.73 Å². The van der Waals surface area contributed by atoms with Crippen molar-refractivity contribution in [3.8, 4) is 0 Å². The van der Waals surface area contributed by atoms with Crippen molar-refractivity contribution < 1.29 is 4.92 Å². The summed E-state index contributed by atoms with van der Waals surface area (Å²) in [4.78, 5) is 12.9. The lowest BCUT2D eigenvalue weighted by Crippen LogP contribution is -2.46. The summed E-state index contributed by atoms with van der Waals surface area (Å²) in [6, 6.07) is 5.48. The van der Waals surface area contributed by atoms with Crippen molar-refractivity contribution in [2.45, 2.75) is 32.4 Å². The van der Waals surface area contributed by atoms with Gasteiger partial charge in [0.15, 0.2) is 0 Å². The number of hydrogen-bond donors (Lipinski definition) is 1. The van der Waals surface area contributed by atoms with Gasteiger partial charge in [0.05, 0.1) is 9.40 Å². The van der Waals surface area contributed by atoms with Crippen LogP contribution in [0.2, 0.25) is 0 Å². The molecular formula is C14H20BrN3O2. The molecule has 1 aliphatic rings. The first-order valence-corrected chi connectivity index (χ1v) is 7.72. The number of nitro benzene ring substituents is 1. The molecule has 2 rings (SSSR count). The lowest BCUT2D eigenvalue weighted by molar-refractivity contribution is -0.385. The molecule has 1 aliphatic heterocycles. The van der Waals surface area contributed by atoms with Crippen LogP contribution in [0.15, 0.2) is 22.7 Å². The second kappa shape index (κ2) is 6.65. The third kappa shape index (κ3) is 3.37. The number of halogens is 1. The summed E-state index contributed by atoms with van der Waals surface area (Å²) < 4.78 is 0.591. The van der Waals surface area contributed by atoms with Crippen molar-refractivity contribution in [2.24, 2.45) is 11.7 Å². The van der Waals surface area contributed by atoms with Gasteiger partial charge in [-0.15, -0.1) is 0 Å². The Bertz CT molecular complexity index is 495. The largest absolute Gasteiger partial charge is 0.327 e. The van der Waals surface area contributed by atoms with Crippen LogP contribution in [0.3, 0.4) is 0 Å². The predicted molar refractivity (Wildman–Crippen MR) is 82.4 cm³/mol. The lowest BCUT2D eigenvalue weighted by atomic mass is 9.90. The van der Waals surface area contributed by atoms with Gasteiger partial charge in [-0.1, -0.05) is 25.5 Å². The SMILES string of the molecule is CCC1CN(Cc2cccc([N+](=O)[O-])c2Br)CCC1N. The normalized spacial score (nSPS) is 23.8. The molecule has 0 saturated carbocycles. The molecule has 2 N–H and O–H groups in total. The van der Waals surface area contributed by atoms with Crippen molar-refractivity contribution in [2.75, 3.05) is 13.1 Å². The van der Waals surface area contributed by atoms with Gasteiger partial charge in [0.1, 0.15) is 0 Å². The molecule has 0 bridgehead atoms. The second-order valence-electron chi connectivity index (χ2n) is 5.36. The highest BCUT2D eigenvalue weighted by Crippen LogP contribution is 2.30. The summed E-state index contributed by atoms with van der Waals surface area (Å²) in [7, 11) is 0. The molecule has 0 spiro atoms. The minimum Gasteiger partial charge on any atom is -0.327 e. The highest BCUT2D eigenvalue weighted by atomic mass is 79.9. The van der Waals surface area contributed by atoms with E-state index in [9.17, 15) is 10.1 Å². The highest BCUT2D eigenvalue weighted by molar-refractivity contribution is 9.10. The molecule has 1 aromatic rings. The minimum absolute atomic E-state index is 0.128. The maximum atomic E-state index is 11.0. The highest BCUT2D eigenvalue weighted by Gasteiger charge is 2.26. The van der Waals surface area contributed by atoms with E-state index in [1.54, 1.807) is 6.07 Å². The number of benzene rings is 1. The molecule has 1 heterocycles. The Kier molecular flexibility index (Phi) is 5.12. The van der Waals surface area contributed by atoms with Crippen LogP contribution in [0.25, 0.3) is 0 Å². The standard InChI is InChI=1S/C14H20BrN3O2/c1-2-10-8-17(7-6-12(10)16)9-11-4-3-5-13(14(11)15)18(19)20/h3-5,10,12H,2,6-9,16H2,1H3. The predicted octanol–water partition coefficient (Wildman–Crippen LogP) is 2.92. The molecular weight excluding hydrogens is 322 g/mol. The first kappa shape index (κ1) is 15.4. The molecule has 110 valence electrons. The number of nitrogens with two attached hydrogens (primary N) is 1. The zero-order valence-electron chi connectivity index (χ0n) is 11.6. The maximum Gasteiger partial charge on any atom is 0.283 e. The zero-order chi connectivity index (χ0) is 14.7. The number of rotatable bonds is 4. The van der Waals surface area contributed by atoms with E-state index in [0.29, 0.717) is 10.4 Å². The van der Waals surface area contributed by atoms with Crippen molar-refractivity contribution >= 4 is 21.6 Å². The smallest absolute Gasteiger partial charge is 0.283 e. The van der Waals surface area contributed by atoms with Gasteiger partial charge in [-0.05, 0) is 40.4 Å². The number of nitro groups is 1. The van der Waals surface area contributed by atoms with Gasteiger partial charge in [-0.3, -0.25) is 15.0 Å². The average Bonchev–Trinajstić information content (AvgIpc) is 2.42. The van der Waals surface area contributed by atoms with Gasteiger partial charge in [-0.2, -0.15) is 0 Å². The monoisotopic (exact) mass is 341 g/mol. The molecule has 6 heteroatoms. The minimum atomic E-state index is -0.353. The fourth-order valence-electron chi connectivity index (χ4n) is 2.77.